The van der Waals surface area contributed by atoms with E-state index in [9.17, 15) is 8.42 Å². The standard InChI is InChI=1S/C10H12N2O2S2/c1-8-2-3-10(15-8)16(13,14)12-5-4-9(6-11)7-12/h2-5,7H,6,11H2,1H3. The maximum Gasteiger partial charge on any atom is 0.277 e. The SMILES string of the molecule is Cc1ccc(S(=O)(=O)n2ccc(CN)c2)s1. The topological polar surface area (TPSA) is 65.1 Å². The van der Waals surface area contributed by atoms with E-state index >= 15 is 0 Å². The fraction of sp³-hybridized carbons (Fsp3) is 0.200. The maximum atomic E-state index is 12.1. The molecule has 0 aliphatic heterocycles. The Morgan fingerprint density at radius 1 is 1.38 bits per heavy atom. The molecule has 4 nitrogen and oxygen atoms in total. The summed E-state index contributed by atoms with van der Waals surface area (Å²) in [6.45, 7) is 2.22. The van der Waals surface area contributed by atoms with Crippen LogP contribution in [0.2, 0.25) is 0 Å². The van der Waals surface area contributed by atoms with Crippen LogP contribution in [-0.2, 0) is 16.6 Å². The van der Waals surface area contributed by atoms with Gasteiger partial charge in [-0.3, -0.25) is 0 Å². The van der Waals surface area contributed by atoms with Gasteiger partial charge in [-0.05, 0) is 30.7 Å². The number of hydrogen-bond donors (Lipinski definition) is 1. The van der Waals surface area contributed by atoms with Gasteiger partial charge >= 0.3 is 0 Å². The van der Waals surface area contributed by atoms with Crippen molar-refractivity contribution >= 4 is 21.4 Å². The molecule has 0 spiro atoms. The zero-order valence-electron chi connectivity index (χ0n) is 8.75. The first-order valence-electron chi connectivity index (χ1n) is 4.73. The van der Waals surface area contributed by atoms with Crippen LogP contribution in [0.25, 0.3) is 0 Å². The third kappa shape index (κ3) is 1.91. The van der Waals surface area contributed by atoms with Gasteiger partial charge in [0.1, 0.15) is 4.21 Å². The van der Waals surface area contributed by atoms with Crippen molar-refractivity contribution in [2.45, 2.75) is 17.7 Å². The summed E-state index contributed by atoms with van der Waals surface area (Å²) in [7, 11) is -3.43. The molecule has 0 unspecified atom stereocenters. The Labute approximate surface area is 98.4 Å². The van der Waals surface area contributed by atoms with Gasteiger partial charge in [-0.25, -0.2) is 3.97 Å². The zero-order chi connectivity index (χ0) is 11.8. The Kier molecular flexibility index (Phi) is 2.88. The lowest BCUT2D eigenvalue weighted by Crippen LogP contribution is -2.09. The van der Waals surface area contributed by atoms with E-state index in [0.717, 1.165) is 10.4 Å². The predicted molar refractivity (Wildman–Crippen MR) is 64.0 cm³/mol. The van der Waals surface area contributed by atoms with Gasteiger partial charge in [0.15, 0.2) is 0 Å². The molecular weight excluding hydrogens is 244 g/mol. The summed E-state index contributed by atoms with van der Waals surface area (Å²) in [4.78, 5) is 0.977. The molecule has 0 saturated heterocycles. The van der Waals surface area contributed by atoms with E-state index in [1.165, 1.54) is 21.5 Å². The quantitative estimate of drug-likeness (QED) is 0.906. The van der Waals surface area contributed by atoms with Crippen molar-refractivity contribution in [3.63, 3.8) is 0 Å². The van der Waals surface area contributed by atoms with Gasteiger partial charge in [0, 0.05) is 23.8 Å². The maximum absolute atomic E-state index is 12.1. The van der Waals surface area contributed by atoms with Gasteiger partial charge in [0.25, 0.3) is 10.0 Å². The van der Waals surface area contributed by atoms with Gasteiger partial charge in [0.2, 0.25) is 0 Å². The Morgan fingerprint density at radius 3 is 2.62 bits per heavy atom. The van der Waals surface area contributed by atoms with Crippen molar-refractivity contribution in [3.05, 3.63) is 41.0 Å². The number of thiophene rings is 1. The first-order chi connectivity index (χ1) is 7.54. The molecule has 0 amide bonds. The molecule has 0 aromatic carbocycles. The average molecular weight is 256 g/mol. The van der Waals surface area contributed by atoms with E-state index in [1.807, 2.05) is 6.92 Å². The monoisotopic (exact) mass is 256 g/mol. The molecule has 86 valence electrons. The molecule has 2 rings (SSSR count). The van der Waals surface area contributed by atoms with Gasteiger partial charge in [-0.2, -0.15) is 8.42 Å². The highest BCUT2D eigenvalue weighted by Crippen LogP contribution is 2.23. The van der Waals surface area contributed by atoms with Crippen molar-refractivity contribution in [1.82, 2.24) is 3.97 Å². The first kappa shape index (κ1) is 11.4. The molecule has 2 aromatic heterocycles. The summed E-state index contributed by atoms with van der Waals surface area (Å²) < 4.78 is 25.8. The van der Waals surface area contributed by atoms with Crippen LogP contribution in [0.3, 0.4) is 0 Å². The smallest absolute Gasteiger partial charge is 0.277 e. The molecule has 2 N–H and O–H groups in total. The summed E-state index contributed by atoms with van der Waals surface area (Å²) in [5.41, 5.74) is 6.25. The van der Waals surface area contributed by atoms with Crippen LogP contribution in [0, 0.1) is 6.92 Å². The van der Waals surface area contributed by atoms with Gasteiger partial charge < -0.3 is 5.73 Å². The minimum absolute atomic E-state index is 0.339. The summed E-state index contributed by atoms with van der Waals surface area (Å²) >= 11 is 1.27. The van der Waals surface area contributed by atoms with E-state index in [1.54, 1.807) is 24.4 Å². The molecule has 0 saturated carbocycles. The van der Waals surface area contributed by atoms with Crippen molar-refractivity contribution in [2.75, 3.05) is 0 Å². The number of rotatable bonds is 3. The van der Waals surface area contributed by atoms with Gasteiger partial charge in [0.05, 0.1) is 0 Å². The molecular formula is C10H12N2O2S2. The summed E-state index contributed by atoms with van der Waals surface area (Å²) in [6.07, 6.45) is 3.07. The molecule has 16 heavy (non-hydrogen) atoms. The zero-order valence-corrected chi connectivity index (χ0v) is 10.4. The van der Waals surface area contributed by atoms with Crippen LogP contribution in [0.1, 0.15) is 10.4 Å². The minimum atomic E-state index is -3.43. The van der Waals surface area contributed by atoms with Crippen molar-refractivity contribution in [1.29, 1.82) is 0 Å². The summed E-state index contributed by atoms with van der Waals surface area (Å²) in [6, 6.07) is 5.13. The summed E-state index contributed by atoms with van der Waals surface area (Å²) in [5, 5.41) is 0. The Hall–Kier alpha value is -1.11. The third-order valence-corrected chi connectivity index (χ3v) is 5.32. The Balaban J connectivity index is 2.46. The number of nitrogens with zero attached hydrogens (tertiary/aromatic N) is 1. The highest BCUT2D eigenvalue weighted by atomic mass is 32.2. The average Bonchev–Trinajstić information content (AvgIpc) is 2.85. The second-order valence-electron chi connectivity index (χ2n) is 3.42. The van der Waals surface area contributed by atoms with E-state index in [4.69, 9.17) is 5.73 Å². The summed E-state index contributed by atoms with van der Waals surface area (Å²) in [5.74, 6) is 0. The van der Waals surface area contributed by atoms with Crippen LogP contribution in [0.15, 0.2) is 34.8 Å². The lowest BCUT2D eigenvalue weighted by molar-refractivity contribution is 0.589. The highest BCUT2D eigenvalue weighted by Gasteiger charge is 2.18. The molecule has 6 heteroatoms. The number of hydrogen-bond acceptors (Lipinski definition) is 4. The van der Waals surface area contributed by atoms with E-state index in [0.29, 0.717) is 10.8 Å². The second-order valence-corrected chi connectivity index (χ2v) is 6.78. The molecule has 0 aliphatic carbocycles. The normalized spacial score (nSPS) is 11.9. The van der Waals surface area contributed by atoms with E-state index in [-0.39, 0.29) is 0 Å². The molecule has 0 aliphatic rings. The number of nitrogens with two attached hydrogens (primary N) is 1. The lowest BCUT2D eigenvalue weighted by Gasteiger charge is -2.01. The van der Waals surface area contributed by atoms with Crippen LogP contribution in [0.4, 0.5) is 0 Å². The highest BCUT2D eigenvalue weighted by molar-refractivity contribution is 7.92. The first-order valence-corrected chi connectivity index (χ1v) is 6.98. The van der Waals surface area contributed by atoms with E-state index in [2.05, 4.69) is 0 Å². The fourth-order valence-electron chi connectivity index (χ4n) is 1.34. The largest absolute Gasteiger partial charge is 0.326 e. The van der Waals surface area contributed by atoms with Crippen LogP contribution < -0.4 is 5.73 Å². The van der Waals surface area contributed by atoms with Crippen LogP contribution >= 0.6 is 11.3 Å². The van der Waals surface area contributed by atoms with Crippen LogP contribution in [-0.4, -0.2) is 12.4 Å². The number of aromatic nitrogens is 1. The molecule has 2 heterocycles. The van der Waals surface area contributed by atoms with Crippen molar-refractivity contribution in [3.8, 4) is 0 Å². The Bertz CT molecular complexity index is 596. The van der Waals surface area contributed by atoms with Gasteiger partial charge in [-0.1, -0.05) is 0 Å². The molecule has 0 bridgehead atoms. The molecule has 2 aromatic rings. The van der Waals surface area contributed by atoms with Crippen molar-refractivity contribution in [2.24, 2.45) is 5.73 Å². The second kappa shape index (κ2) is 4.04. The molecule has 0 atom stereocenters. The van der Waals surface area contributed by atoms with Gasteiger partial charge in [-0.15, -0.1) is 11.3 Å². The van der Waals surface area contributed by atoms with E-state index < -0.39 is 10.0 Å². The lowest BCUT2D eigenvalue weighted by atomic mass is 10.4. The molecule has 0 radical (unpaired) electrons. The Morgan fingerprint density at radius 2 is 2.12 bits per heavy atom. The third-order valence-electron chi connectivity index (χ3n) is 2.21. The number of aryl methyl sites for hydroxylation is 1. The van der Waals surface area contributed by atoms with Crippen LogP contribution in [0.5, 0.6) is 0 Å². The van der Waals surface area contributed by atoms with Crippen molar-refractivity contribution < 1.29 is 8.42 Å². The minimum Gasteiger partial charge on any atom is -0.326 e. The molecule has 0 fully saturated rings. The fourth-order valence-corrected chi connectivity index (χ4v) is 3.95. The predicted octanol–water partition coefficient (Wildman–Crippen LogP) is 1.55.